The molecule has 5 heteroatoms. The van der Waals surface area contributed by atoms with Crippen molar-refractivity contribution in [1.29, 1.82) is 0 Å². The van der Waals surface area contributed by atoms with Crippen LogP contribution in [-0.2, 0) is 37.7 Å². The number of hydrogen-bond donors (Lipinski definition) is 1. The Bertz CT molecular complexity index is 2070. The number of aliphatic hydroxyl groups is 1. The number of nitrogens with zero attached hydrogens (tertiary/aromatic N) is 1. The van der Waals surface area contributed by atoms with Gasteiger partial charge in [0.25, 0.3) is 0 Å². The SMILES string of the molecule is CC(C)CCc1c2c([c-]c3ccccc13)-c1nccc3c1c(cc1c(CC(C)(C)C)cccc13)O2.CCC(CC)C(=O)/C=C(\O)C(CC)(CC)CC.[Ir]. The zero-order valence-corrected chi connectivity index (χ0v) is 36.1. The summed E-state index contributed by atoms with van der Waals surface area (Å²) >= 11 is 0. The number of pyridine rings is 1. The van der Waals surface area contributed by atoms with Crippen LogP contribution in [0.1, 0.15) is 119 Å². The number of aromatic nitrogens is 1. The Kier molecular flexibility index (Phi) is 14.1. The molecule has 0 spiro atoms. The molecule has 0 unspecified atom stereocenters. The maximum absolute atomic E-state index is 12.0. The molecule has 2 heterocycles. The van der Waals surface area contributed by atoms with Crippen molar-refractivity contribution in [3.8, 4) is 22.8 Å². The molecule has 4 aromatic carbocycles. The molecule has 53 heavy (non-hydrogen) atoms. The molecule has 0 amide bonds. The van der Waals surface area contributed by atoms with Gasteiger partial charge in [0.15, 0.2) is 5.78 Å². The second kappa shape index (κ2) is 17.7. The van der Waals surface area contributed by atoms with Crippen LogP contribution < -0.4 is 4.74 Å². The standard InChI is InChI=1S/C33H32NO.C15H28O2.Ir/c1-20(2)13-14-26-23-11-7-6-9-21(23)17-28-31-30-25(15-16-34-31)24-12-8-10-22(19-33(3,4)5)27(24)18-29(30)35-32(26)28;1-6-12(7-2)13(16)11-14(17)15(8-3,9-4)10-5;/h6-12,15-16,18,20H,13-14,19H2,1-5H3;11-12,17H,6-10H2,1-5H3;/q-1;;/b;14-11-;. The van der Waals surface area contributed by atoms with Gasteiger partial charge in [-0.3, -0.25) is 9.78 Å². The Morgan fingerprint density at radius 2 is 1.55 bits per heavy atom. The zero-order chi connectivity index (χ0) is 37.8. The van der Waals surface area contributed by atoms with E-state index in [1.54, 1.807) is 0 Å². The van der Waals surface area contributed by atoms with Crippen LogP contribution >= 0.6 is 0 Å². The van der Waals surface area contributed by atoms with Crippen molar-refractivity contribution in [2.24, 2.45) is 22.7 Å². The summed E-state index contributed by atoms with van der Waals surface area (Å²) < 4.78 is 6.84. The molecule has 1 aromatic heterocycles. The van der Waals surface area contributed by atoms with Gasteiger partial charge in [0.1, 0.15) is 11.5 Å². The third kappa shape index (κ3) is 8.90. The first-order valence-electron chi connectivity index (χ1n) is 19.7. The number of fused-ring (bicyclic) bond motifs is 5. The monoisotopic (exact) mass is 891 g/mol. The van der Waals surface area contributed by atoms with E-state index in [2.05, 4.69) is 116 Å². The van der Waals surface area contributed by atoms with Gasteiger partial charge in [0, 0.05) is 54.8 Å². The molecule has 6 rings (SSSR count). The van der Waals surface area contributed by atoms with Gasteiger partial charge in [-0.1, -0.05) is 122 Å². The van der Waals surface area contributed by atoms with Crippen LogP contribution in [0.15, 0.2) is 72.6 Å². The first-order chi connectivity index (χ1) is 24.8. The van der Waals surface area contributed by atoms with E-state index in [9.17, 15) is 9.90 Å². The second-order valence-electron chi connectivity index (χ2n) is 16.4. The molecule has 0 saturated carbocycles. The largest absolute Gasteiger partial charge is 0.512 e. The first kappa shape index (κ1) is 42.2. The third-order valence-electron chi connectivity index (χ3n) is 11.4. The Morgan fingerprint density at radius 1 is 0.887 bits per heavy atom. The molecule has 0 fully saturated rings. The Hall–Kier alpha value is -3.53. The normalized spacial score (nSPS) is 12.8. The van der Waals surface area contributed by atoms with E-state index in [1.807, 2.05) is 20.0 Å². The quantitative estimate of drug-likeness (QED) is 0.0575. The summed E-state index contributed by atoms with van der Waals surface area (Å²) in [4.78, 5) is 16.9. The van der Waals surface area contributed by atoms with Crippen LogP contribution in [-0.4, -0.2) is 15.9 Å². The Balaban J connectivity index is 0.000000299. The van der Waals surface area contributed by atoms with E-state index >= 15 is 0 Å². The van der Waals surface area contributed by atoms with Gasteiger partial charge in [-0.05, 0) is 96.6 Å². The number of aliphatic hydroxyl groups excluding tert-OH is 1. The molecule has 0 saturated heterocycles. The van der Waals surface area contributed by atoms with Gasteiger partial charge in [-0.2, -0.15) is 0 Å². The van der Waals surface area contributed by atoms with Gasteiger partial charge in [-0.25, -0.2) is 0 Å². The molecule has 4 nitrogen and oxygen atoms in total. The van der Waals surface area contributed by atoms with E-state index < -0.39 is 0 Å². The van der Waals surface area contributed by atoms with Crippen molar-refractivity contribution in [3.63, 3.8) is 0 Å². The van der Waals surface area contributed by atoms with Crippen LogP contribution in [0.3, 0.4) is 0 Å². The van der Waals surface area contributed by atoms with Gasteiger partial charge in [-0.15, -0.1) is 17.5 Å². The maximum Gasteiger partial charge on any atom is 0.162 e. The minimum absolute atomic E-state index is 0. The number of benzene rings is 4. The zero-order valence-electron chi connectivity index (χ0n) is 33.7. The Morgan fingerprint density at radius 3 is 2.17 bits per heavy atom. The van der Waals surface area contributed by atoms with Crippen molar-refractivity contribution in [2.75, 3.05) is 0 Å². The van der Waals surface area contributed by atoms with Crippen molar-refractivity contribution in [2.45, 2.75) is 121 Å². The summed E-state index contributed by atoms with van der Waals surface area (Å²) in [5.74, 6) is 2.88. The summed E-state index contributed by atoms with van der Waals surface area (Å²) in [5, 5.41) is 17.4. The molecular weight excluding hydrogens is 831 g/mol. The van der Waals surface area contributed by atoms with Crippen molar-refractivity contribution < 1.29 is 34.7 Å². The third-order valence-corrected chi connectivity index (χ3v) is 11.4. The molecule has 1 N–H and O–H groups in total. The number of aryl methyl sites for hydroxylation is 1. The number of hydrogen-bond acceptors (Lipinski definition) is 4. The fourth-order valence-corrected chi connectivity index (χ4v) is 7.93. The smallest absolute Gasteiger partial charge is 0.162 e. The van der Waals surface area contributed by atoms with Crippen LogP contribution in [0, 0.1) is 28.7 Å². The van der Waals surface area contributed by atoms with Crippen LogP contribution in [0.5, 0.6) is 11.5 Å². The van der Waals surface area contributed by atoms with Crippen molar-refractivity contribution in [1.82, 2.24) is 4.98 Å². The summed E-state index contributed by atoms with van der Waals surface area (Å²) in [6.07, 6.45) is 10.8. The van der Waals surface area contributed by atoms with Crippen molar-refractivity contribution in [3.05, 3.63) is 89.8 Å². The van der Waals surface area contributed by atoms with E-state index in [4.69, 9.17) is 9.72 Å². The van der Waals surface area contributed by atoms with Gasteiger partial charge in [0.05, 0.1) is 5.75 Å². The molecule has 1 aliphatic heterocycles. The summed E-state index contributed by atoms with van der Waals surface area (Å²) in [6, 6.07) is 23.3. The Labute approximate surface area is 332 Å². The van der Waals surface area contributed by atoms with E-state index in [0.29, 0.717) is 5.92 Å². The second-order valence-corrected chi connectivity index (χ2v) is 16.4. The molecule has 0 atom stereocenters. The molecule has 285 valence electrons. The molecular formula is C48H60IrNO3-. The summed E-state index contributed by atoms with van der Waals surface area (Å²) in [7, 11) is 0. The molecule has 1 radical (unpaired) electrons. The number of carbonyl (C=O) groups excluding carboxylic acids is 1. The topological polar surface area (TPSA) is 59.4 Å². The molecule has 5 aromatic rings. The molecule has 0 bridgehead atoms. The van der Waals surface area contributed by atoms with Crippen LogP contribution in [0.2, 0.25) is 0 Å². The fourth-order valence-electron chi connectivity index (χ4n) is 7.93. The average molecular weight is 891 g/mol. The summed E-state index contributed by atoms with van der Waals surface area (Å²) in [5.41, 5.74) is 4.61. The van der Waals surface area contributed by atoms with Crippen LogP contribution in [0.4, 0.5) is 0 Å². The average Bonchev–Trinajstić information content (AvgIpc) is 3.12. The number of carbonyl (C=O) groups is 1. The van der Waals surface area contributed by atoms with E-state index in [0.717, 1.165) is 84.9 Å². The maximum atomic E-state index is 12.0. The number of ether oxygens (including phenoxy) is 1. The van der Waals surface area contributed by atoms with Crippen LogP contribution in [0.25, 0.3) is 43.6 Å². The predicted octanol–water partition coefficient (Wildman–Crippen LogP) is 13.9. The van der Waals surface area contributed by atoms with E-state index in [1.165, 1.54) is 38.7 Å². The first-order valence-corrected chi connectivity index (χ1v) is 19.7. The van der Waals surface area contributed by atoms with Gasteiger partial charge < -0.3 is 9.84 Å². The van der Waals surface area contributed by atoms with Gasteiger partial charge >= 0.3 is 0 Å². The number of ketones is 1. The van der Waals surface area contributed by atoms with Crippen molar-refractivity contribution >= 4 is 38.1 Å². The van der Waals surface area contributed by atoms with E-state index in [-0.39, 0.29) is 48.4 Å². The minimum Gasteiger partial charge on any atom is -0.512 e. The predicted molar refractivity (Wildman–Crippen MR) is 221 cm³/mol. The van der Waals surface area contributed by atoms with Gasteiger partial charge in [0.2, 0.25) is 0 Å². The fraction of sp³-hybridized carbons (Fsp3) is 0.458. The minimum atomic E-state index is -0.207. The summed E-state index contributed by atoms with van der Waals surface area (Å²) in [6.45, 7) is 21.7. The molecule has 0 aliphatic carbocycles. The number of rotatable bonds is 12. The number of allylic oxidation sites excluding steroid dienone is 2. The molecule has 1 aliphatic rings.